The topological polar surface area (TPSA) is 45.2 Å². The molecule has 74 valence electrons. The van der Waals surface area contributed by atoms with Crippen LogP contribution in [0.2, 0.25) is 0 Å². The molecule has 0 fully saturated rings. The summed E-state index contributed by atoms with van der Waals surface area (Å²) in [5, 5.41) is 12.4. The molecule has 0 aliphatic carbocycles. The number of hydrogen-bond acceptors (Lipinski definition) is 3. The van der Waals surface area contributed by atoms with Crippen molar-refractivity contribution >= 4 is 18.1 Å². The minimum atomic E-state index is 0. The van der Waals surface area contributed by atoms with Gasteiger partial charge in [0.2, 0.25) is 0 Å². The Balaban J connectivity index is 0.00000144. The van der Waals surface area contributed by atoms with Crippen LogP contribution in [-0.2, 0) is 0 Å². The first-order valence-corrected chi connectivity index (χ1v) is 4.21. The fraction of sp³-hybridized carbons (Fsp3) is 0.444. The van der Waals surface area contributed by atoms with Crippen LogP contribution >= 0.6 is 12.4 Å². The summed E-state index contributed by atoms with van der Waals surface area (Å²) in [6, 6.07) is 1.77. The summed E-state index contributed by atoms with van der Waals surface area (Å²) in [6.07, 6.45) is 5.36. The van der Waals surface area contributed by atoms with Crippen LogP contribution in [0.4, 0.5) is 5.69 Å². The summed E-state index contributed by atoms with van der Waals surface area (Å²) in [4.78, 5) is 3.78. The smallest absolute Gasteiger partial charge is 0.157 e. The number of nitrogens with zero attached hydrogens (tertiary/aromatic N) is 1. The van der Waals surface area contributed by atoms with Crippen LogP contribution in [0, 0.1) is 0 Å². The first-order chi connectivity index (χ1) is 5.84. The van der Waals surface area contributed by atoms with Gasteiger partial charge in [-0.2, -0.15) is 0 Å². The van der Waals surface area contributed by atoms with E-state index in [1.807, 2.05) is 0 Å². The fourth-order valence-electron chi connectivity index (χ4n) is 0.935. The maximum absolute atomic E-state index is 9.28. The molecule has 0 saturated heterocycles. The minimum Gasteiger partial charge on any atom is -0.504 e. The van der Waals surface area contributed by atoms with Crippen LogP contribution in [0.3, 0.4) is 0 Å². The Morgan fingerprint density at radius 3 is 2.92 bits per heavy atom. The lowest BCUT2D eigenvalue weighted by molar-refractivity contribution is 0.474. The molecule has 0 atom stereocenters. The highest BCUT2D eigenvalue weighted by Gasteiger charge is 1.96. The summed E-state index contributed by atoms with van der Waals surface area (Å²) in [7, 11) is 0. The summed E-state index contributed by atoms with van der Waals surface area (Å²) in [5.74, 6) is 0.216. The van der Waals surface area contributed by atoms with Crippen molar-refractivity contribution in [3.8, 4) is 5.75 Å². The molecule has 0 aliphatic heterocycles. The van der Waals surface area contributed by atoms with Crippen LogP contribution in [0.15, 0.2) is 18.5 Å². The van der Waals surface area contributed by atoms with Crippen molar-refractivity contribution in [1.82, 2.24) is 4.98 Å². The van der Waals surface area contributed by atoms with E-state index in [1.165, 1.54) is 6.20 Å². The molecule has 1 heterocycles. The quantitative estimate of drug-likeness (QED) is 0.738. The number of nitrogens with one attached hydrogen (secondary N) is 1. The van der Waals surface area contributed by atoms with Crippen molar-refractivity contribution < 1.29 is 5.11 Å². The molecule has 0 aromatic carbocycles. The van der Waals surface area contributed by atoms with Gasteiger partial charge in [0, 0.05) is 12.7 Å². The van der Waals surface area contributed by atoms with Gasteiger partial charge in [-0.05, 0) is 12.5 Å². The van der Waals surface area contributed by atoms with Crippen molar-refractivity contribution in [3.05, 3.63) is 18.5 Å². The molecule has 0 unspecified atom stereocenters. The molecule has 3 nitrogen and oxygen atoms in total. The lowest BCUT2D eigenvalue weighted by Gasteiger charge is -2.05. The lowest BCUT2D eigenvalue weighted by atomic mass is 10.3. The zero-order chi connectivity index (χ0) is 8.81. The van der Waals surface area contributed by atoms with Gasteiger partial charge in [0.1, 0.15) is 0 Å². The zero-order valence-electron chi connectivity index (χ0n) is 7.66. The van der Waals surface area contributed by atoms with E-state index < -0.39 is 0 Å². The molecule has 1 rings (SSSR count). The maximum Gasteiger partial charge on any atom is 0.157 e. The van der Waals surface area contributed by atoms with E-state index in [9.17, 15) is 5.11 Å². The SMILES string of the molecule is CCCCNc1ccncc1O.Cl. The average molecular weight is 203 g/mol. The third kappa shape index (κ3) is 3.99. The van der Waals surface area contributed by atoms with Gasteiger partial charge in [-0.15, -0.1) is 12.4 Å². The van der Waals surface area contributed by atoms with E-state index in [4.69, 9.17) is 0 Å². The van der Waals surface area contributed by atoms with Crippen LogP contribution in [-0.4, -0.2) is 16.6 Å². The molecule has 1 aromatic heterocycles. The Morgan fingerprint density at radius 1 is 1.54 bits per heavy atom. The number of rotatable bonds is 4. The Bertz CT molecular complexity index is 243. The minimum absolute atomic E-state index is 0. The van der Waals surface area contributed by atoms with Crippen molar-refractivity contribution in [3.63, 3.8) is 0 Å². The molecule has 0 spiro atoms. The number of anilines is 1. The number of hydrogen-bond donors (Lipinski definition) is 2. The number of aromatic hydroxyl groups is 1. The predicted octanol–water partition coefficient (Wildman–Crippen LogP) is 2.42. The fourth-order valence-corrected chi connectivity index (χ4v) is 0.935. The molecule has 0 amide bonds. The van der Waals surface area contributed by atoms with Crippen molar-refractivity contribution in [2.75, 3.05) is 11.9 Å². The van der Waals surface area contributed by atoms with Crippen LogP contribution in [0.1, 0.15) is 19.8 Å². The maximum atomic E-state index is 9.28. The van der Waals surface area contributed by atoms with Gasteiger partial charge in [-0.1, -0.05) is 13.3 Å². The van der Waals surface area contributed by atoms with Crippen LogP contribution in [0.25, 0.3) is 0 Å². The van der Waals surface area contributed by atoms with E-state index >= 15 is 0 Å². The normalized spacial score (nSPS) is 9.00. The Labute approximate surface area is 84.6 Å². The molecule has 4 heteroatoms. The molecular weight excluding hydrogens is 188 g/mol. The highest BCUT2D eigenvalue weighted by atomic mass is 35.5. The number of unbranched alkanes of at least 4 members (excludes halogenated alkanes) is 1. The second kappa shape index (κ2) is 6.54. The third-order valence-electron chi connectivity index (χ3n) is 1.65. The standard InChI is InChI=1S/C9H14N2O.ClH/c1-2-3-5-11-8-4-6-10-7-9(8)12;/h4,6-7,12H,2-3,5H2,1H3,(H,10,11);1H. The molecule has 0 bridgehead atoms. The number of pyridine rings is 1. The second-order valence-electron chi connectivity index (χ2n) is 2.67. The van der Waals surface area contributed by atoms with E-state index in [2.05, 4.69) is 17.2 Å². The van der Waals surface area contributed by atoms with Crippen molar-refractivity contribution in [2.45, 2.75) is 19.8 Å². The van der Waals surface area contributed by atoms with Crippen molar-refractivity contribution in [1.29, 1.82) is 0 Å². The van der Waals surface area contributed by atoms with Crippen LogP contribution in [0.5, 0.6) is 5.75 Å². The average Bonchev–Trinajstić information content (AvgIpc) is 2.09. The van der Waals surface area contributed by atoms with Gasteiger partial charge >= 0.3 is 0 Å². The molecule has 0 radical (unpaired) electrons. The van der Waals surface area contributed by atoms with Gasteiger partial charge in [-0.3, -0.25) is 4.98 Å². The molecule has 0 saturated carbocycles. The summed E-state index contributed by atoms with van der Waals surface area (Å²) >= 11 is 0. The molecule has 13 heavy (non-hydrogen) atoms. The number of halogens is 1. The zero-order valence-corrected chi connectivity index (χ0v) is 8.47. The highest BCUT2D eigenvalue weighted by Crippen LogP contribution is 2.19. The third-order valence-corrected chi connectivity index (χ3v) is 1.65. The van der Waals surface area contributed by atoms with Gasteiger partial charge in [0.05, 0.1) is 11.9 Å². The van der Waals surface area contributed by atoms with Gasteiger partial charge in [0.15, 0.2) is 5.75 Å². The summed E-state index contributed by atoms with van der Waals surface area (Å²) < 4.78 is 0. The Morgan fingerprint density at radius 2 is 2.31 bits per heavy atom. The van der Waals surface area contributed by atoms with E-state index in [-0.39, 0.29) is 18.2 Å². The molecule has 2 N–H and O–H groups in total. The number of aromatic nitrogens is 1. The summed E-state index contributed by atoms with van der Waals surface area (Å²) in [5.41, 5.74) is 0.762. The monoisotopic (exact) mass is 202 g/mol. The highest BCUT2D eigenvalue weighted by molar-refractivity contribution is 5.85. The van der Waals surface area contributed by atoms with Crippen LogP contribution < -0.4 is 5.32 Å². The molecular formula is C9H15ClN2O. The Kier molecular flexibility index (Phi) is 6.06. The first-order valence-electron chi connectivity index (χ1n) is 4.21. The lowest BCUT2D eigenvalue weighted by Crippen LogP contribution is -2.00. The van der Waals surface area contributed by atoms with Gasteiger partial charge in [-0.25, -0.2) is 0 Å². The van der Waals surface area contributed by atoms with E-state index in [0.29, 0.717) is 0 Å². The van der Waals surface area contributed by atoms with Crippen molar-refractivity contribution in [2.24, 2.45) is 0 Å². The second-order valence-corrected chi connectivity index (χ2v) is 2.67. The van der Waals surface area contributed by atoms with E-state index in [1.54, 1.807) is 12.3 Å². The molecule has 0 aliphatic rings. The predicted molar refractivity (Wildman–Crippen MR) is 56.5 cm³/mol. The summed E-state index contributed by atoms with van der Waals surface area (Å²) in [6.45, 7) is 3.03. The molecule has 1 aromatic rings. The van der Waals surface area contributed by atoms with Gasteiger partial charge in [0.25, 0.3) is 0 Å². The first kappa shape index (κ1) is 12.0. The largest absolute Gasteiger partial charge is 0.504 e. The van der Waals surface area contributed by atoms with E-state index in [0.717, 1.165) is 25.1 Å². The van der Waals surface area contributed by atoms with Gasteiger partial charge < -0.3 is 10.4 Å². The Hall–Kier alpha value is -0.960.